The summed E-state index contributed by atoms with van der Waals surface area (Å²) in [5, 5.41) is 9.59. The highest BCUT2D eigenvalue weighted by atomic mass is 32.2. The van der Waals surface area contributed by atoms with Crippen LogP contribution in [0.5, 0.6) is 5.75 Å². The second-order valence-corrected chi connectivity index (χ2v) is 10.8. The Hall–Kier alpha value is -4.30. The van der Waals surface area contributed by atoms with Gasteiger partial charge >= 0.3 is 0 Å². The van der Waals surface area contributed by atoms with Gasteiger partial charge in [0, 0.05) is 30.0 Å². The van der Waals surface area contributed by atoms with E-state index in [0.29, 0.717) is 18.7 Å². The second kappa shape index (κ2) is 13.2. The van der Waals surface area contributed by atoms with Gasteiger partial charge in [-0.15, -0.1) is 4.91 Å². The average molecular weight is 555 g/mol. The zero-order valence-corrected chi connectivity index (χ0v) is 24.0. The maximum Gasteiger partial charge on any atom is 0.251 e. The molecule has 0 saturated carbocycles. The summed E-state index contributed by atoms with van der Waals surface area (Å²) in [7, 11) is 1.65. The normalized spacial score (nSPS) is 11.0. The number of hydrogen-bond donors (Lipinski definition) is 3. The van der Waals surface area contributed by atoms with E-state index < -0.39 is 5.54 Å². The first kappa shape index (κ1) is 28.7. The fourth-order valence-electron chi connectivity index (χ4n) is 4.15. The molecule has 0 atom stereocenters. The predicted molar refractivity (Wildman–Crippen MR) is 165 cm³/mol. The third-order valence-electron chi connectivity index (χ3n) is 6.46. The fraction of sp³-hybridized carbons (Fsp3) is 0.219. The molecule has 0 unspecified atom stereocenters. The number of aryl methyl sites for hydroxylation is 1. The van der Waals surface area contributed by atoms with Crippen LogP contribution in [0.3, 0.4) is 0 Å². The topological polar surface area (TPSA) is 91.8 Å². The van der Waals surface area contributed by atoms with E-state index in [1.807, 2.05) is 106 Å². The molecular weight excluding hydrogens is 520 g/mol. The van der Waals surface area contributed by atoms with E-state index >= 15 is 0 Å². The highest BCUT2D eigenvalue weighted by Crippen LogP contribution is 2.36. The number of nitrogens with zero attached hydrogens (tertiary/aromatic N) is 1. The minimum absolute atomic E-state index is 0.0793. The van der Waals surface area contributed by atoms with Crippen molar-refractivity contribution in [1.29, 1.82) is 0 Å². The minimum Gasteiger partial charge on any atom is -0.496 e. The molecule has 40 heavy (non-hydrogen) atoms. The molecule has 0 bridgehead atoms. The molecule has 0 aliphatic heterocycles. The van der Waals surface area contributed by atoms with Crippen LogP contribution in [0, 0.1) is 11.8 Å². The number of carbonyl (C=O) groups is 1. The molecular formula is C32H34N4O3S. The van der Waals surface area contributed by atoms with Crippen molar-refractivity contribution in [3.63, 3.8) is 0 Å². The predicted octanol–water partition coefficient (Wildman–Crippen LogP) is 7.63. The molecule has 3 N–H and O–H groups in total. The van der Waals surface area contributed by atoms with E-state index in [1.165, 1.54) is 11.9 Å². The van der Waals surface area contributed by atoms with Crippen LogP contribution in [-0.2, 0) is 5.54 Å². The van der Waals surface area contributed by atoms with E-state index in [4.69, 9.17) is 4.74 Å². The Bertz CT molecular complexity index is 1490. The second-order valence-electron chi connectivity index (χ2n) is 9.93. The molecule has 206 valence electrons. The van der Waals surface area contributed by atoms with Gasteiger partial charge in [-0.05, 0) is 97.9 Å². The smallest absolute Gasteiger partial charge is 0.251 e. The number of rotatable bonds is 12. The zero-order chi connectivity index (χ0) is 28.5. The van der Waals surface area contributed by atoms with Crippen molar-refractivity contribution in [2.24, 2.45) is 5.18 Å². The van der Waals surface area contributed by atoms with Crippen LogP contribution in [-0.4, -0.2) is 26.1 Å². The minimum atomic E-state index is -0.798. The van der Waals surface area contributed by atoms with Crippen molar-refractivity contribution in [2.45, 2.75) is 31.2 Å². The summed E-state index contributed by atoms with van der Waals surface area (Å²) < 4.78 is 9.01. The van der Waals surface area contributed by atoms with Gasteiger partial charge in [0.15, 0.2) is 0 Å². The van der Waals surface area contributed by atoms with E-state index in [9.17, 15) is 9.70 Å². The number of methoxy groups -OCH3 is 1. The largest absolute Gasteiger partial charge is 0.496 e. The molecule has 7 nitrogen and oxygen atoms in total. The van der Waals surface area contributed by atoms with E-state index in [2.05, 4.69) is 26.6 Å². The van der Waals surface area contributed by atoms with Crippen LogP contribution in [0.4, 0.5) is 11.4 Å². The molecule has 0 radical (unpaired) electrons. The highest BCUT2D eigenvalue weighted by Gasteiger charge is 2.21. The molecule has 0 heterocycles. The van der Waals surface area contributed by atoms with Crippen LogP contribution in [0.15, 0.2) is 101 Å². The summed E-state index contributed by atoms with van der Waals surface area (Å²) in [4.78, 5) is 24.6. The van der Waals surface area contributed by atoms with Crippen LogP contribution >= 0.6 is 11.9 Å². The van der Waals surface area contributed by atoms with Gasteiger partial charge in [-0.1, -0.05) is 53.2 Å². The van der Waals surface area contributed by atoms with Gasteiger partial charge in [-0.25, -0.2) is 0 Å². The van der Waals surface area contributed by atoms with Crippen molar-refractivity contribution in [3.8, 4) is 16.9 Å². The van der Waals surface area contributed by atoms with Crippen LogP contribution < -0.4 is 20.1 Å². The standard InChI is InChI=1S/C32H34N4O3S/c1-22-8-5-10-25(18-22)31(37)34-17-16-33-27-12-7-13-28(21-27)35-40-30-20-24(14-15-29(30)39-4)23-9-6-11-26(19-23)32(2,3)36-38/h5-15,18-21,33,35H,16-17H2,1-4H3,(H,34,37). The number of ether oxygens (including phenoxy) is 1. The molecule has 4 aromatic rings. The molecule has 4 aromatic carbocycles. The Morgan fingerprint density at radius 2 is 1.62 bits per heavy atom. The van der Waals surface area contributed by atoms with Crippen molar-refractivity contribution in [3.05, 3.63) is 113 Å². The Morgan fingerprint density at radius 3 is 2.40 bits per heavy atom. The lowest BCUT2D eigenvalue weighted by Crippen LogP contribution is -2.28. The first-order chi connectivity index (χ1) is 19.3. The molecule has 0 aliphatic rings. The molecule has 0 saturated heterocycles. The number of nitrogens with one attached hydrogen (secondary N) is 3. The number of carbonyl (C=O) groups excluding carboxylic acids is 1. The van der Waals surface area contributed by atoms with E-state index in [0.717, 1.165) is 44.3 Å². The number of nitroso groups, excluding NO2 is 1. The molecule has 0 aromatic heterocycles. The zero-order valence-electron chi connectivity index (χ0n) is 23.2. The summed E-state index contributed by atoms with van der Waals surface area (Å²) in [6.07, 6.45) is 0. The Kier molecular flexibility index (Phi) is 9.45. The van der Waals surface area contributed by atoms with Crippen LogP contribution in [0.25, 0.3) is 11.1 Å². The number of amides is 1. The summed E-state index contributed by atoms with van der Waals surface area (Å²) in [6.45, 7) is 6.69. The molecule has 4 rings (SSSR count). The van der Waals surface area contributed by atoms with Gasteiger partial charge < -0.3 is 20.1 Å². The lowest BCUT2D eigenvalue weighted by molar-refractivity contribution is 0.0955. The number of hydrogen-bond acceptors (Lipinski definition) is 7. The first-order valence-electron chi connectivity index (χ1n) is 13.0. The van der Waals surface area contributed by atoms with Crippen LogP contribution in [0.2, 0.25) is 0 Å². The molecule has 0 spiro atoms. The fourth-order valence-corrected chi connectivity index (χ4v) is 4.94. The van der Waals surface area contributed by atoms with Gasteiger partial charge in [-0.2, -0.15) is 0 Å². The Balaban J connectivity index is 1.37. The molecule has 8 heteroatoms. The van der Waals surface area contributed by atoms with Gasteiger partial charge in [-0.3, -0.25) is 4.79 Å². The summed E-state index contributed by atoms with van der Waals surface area (Å²) >= 11 is 1.46. The van der Waals surface area contributed by atoms with Crippen molar-refractivity contribution >= 4 is 29.2 Å². The summed E-state index contributed by atoms with van der Waals surface area (Å²) in [5.41, 5.74) is 5.66. The number of anilines is 2. The number of benzene rings is 4. The SMILES string of the molecule is COc1ccc(-c2cccc(C(C)(C)N=O)c2)cc1SNc1cccc(NCCNC(=O)c2cccc(C)c2)c1. The summed E-state index contributed by atoms with van der Waals surface area (Å²) in [5.74, 6) is 0.676. The van der Waals surface area contributed by atoms with E-state index in [1.54, 1.807) is 7.11 Å². The van der Waals surface area contributed by atoms with Crippen molar-refractivity contribution < 1.29 is 9.53 Å². The van der Waals surface area contributed by atoms with Gasteiger partial charge in [0.05, 0.1) is 12.0 Å². The van der Waals surface area contributed by atoms with Crippen LogP contribution in [0.1, 0.15) is 35.3 Å². The Morgan fingerprint density at radius 1 is 0.875 bits per heavy atom. The average Bonchev–Trinajstić information content (AvgIpc) is 2.98. The first-order valence-corrected chi connectivity index (χ1v) is 13.9. The van der Waals surface area contributed by atoms with Crippen molar-refractivity contribution in [2.75, 3.05) is 30.2 Å². The molecule has 1 amide bonds. The lowest BCUT2D eigenvalue weighted by Gasteiger charge is -2.17. The maximum atomic E-state index is 12.3. The third-order valence-corrected chi connectivity index (χ3v) is 7.33. The summed E-state index contributed by atoms with van der Waals surface area (Å²) in [6, 6.07) is 29.4. The quantitative estimate of drug-likeness (QED) is 0.0947. The maximum absolute atomic E-state index is 12.3. The molecule has 0 fully saturated rings. The van der Waals surface area contributed by atoms with Gasteiger partial charge in [0.1, 0.15) is 11.3 Å². The molecule has 0 aliphatic carbocycles. The van der Waals surface area contributed by atoms with Gasteiger partial charge in [0.25, 0.3) is 5.91 Å². The van der Waals surface area contributed by atoms with Gasteiger partial charge in [0.2, 0.25) is 0 Å². The highest BCUT2D eigenvalue weighted by molar-refractivity contribution is 8.00. The van der Waals surface area contributed by atoms with Crippen molar-refractivity contribution in [1.82, 2.24) is 5.32 Å². The van der Waals surface area contributed by atoms with E-state index in [-0.39, 0.29) is 5.91 Å². The third kappa shape index (κ3) is 7.42. The Labute approximate surface area is 239 Å². The lowest BCUT2D eigenvalue weighted by atomic mass is 9.92. The monoisotopic (exact) mass is 554 g/mol.